The topological polar surface area (TPSA) is 92.5 Å². The van der Waals surface area contributed by atoms with Gasteiger partial charge in [0.25, 0.3) is 15.9 Å². The van der Waals surface area contributed by atoms with Gasteiger partial charge in [0.2, 0.25) is 5.09 Å². The average Bonchev–Trinajstić information content (AvgIpc) is 3.19. The minimum absolute atomic E-state index is 0.0638. The maximum absolute atomic E-state index is 12.4. The summed E-state index contributed by atoms with van der Waals surface area (Å²) in [5.74, 6) is -0.215. The fraction of sp³-hybridized carbons (Fsp3) is 0.333. The highest BCUT2D eigenvalue weighted by molar-refractivity contribution is 7.89. The second-order valence-corrected chi connectivity index (χ2v) is 7.22. The highest BCUT2D eigenvalue weighted by Crippen LogP contribution is 2.23. The summed E-state index contributed by atoms with van der Waals surface area (Å²) in [6.07, 6.45) is 1.68. The third kappa shape index (κ3) is 3.27. The lowest BCUT2D eigenvalue weighted by Crippen LogP contribution is -2.27. The van der Waals surface area contributed by atoms with E-state index in [9.17, 15) is 13.2 Å². The Bertz CT molecular complexity index is 823. The molecule has 1 aliphatic rings. The molecule has 1 saturated heterocycles. The van der Waals surface area contributed by atoms with Crippen molar-refractivity contribution in [3.05, 3.63) is 41.8 Å². The summed E-state index contributed by atoms with van der Waals surface area (Å²) in [6, 6.07) is 7.89. The van der Waals surface area contributed by atoms with Crippen molar-refractivity contribution < 1.29 is 17.6 Å². The van der Waals surface area contributed by atoms with Crippen LogP contribution in [0.15, 0.2) is 39.8 Å². The van der Waals surface area contributed by atoms with Gasteiger partial charge in [-0.25, -0.2) is 13.4 Å². The molecule has 1 N–H and O–H groups in total. The van der Waals surface area contributed by atoms with E-state index in [0.717, 1.165) is 18.5 Å². The van der Waals surface area contributed by atoms with Gasteiger partial charge in [0.05, 0.1) is 0 Å². The van der Waals surface area contributed by atoms with Crippen LogP contribution in [0.1, 0.15) is 29.1 Å². The number of aromatic nitrogens is 1. The number of hydrogen-bond donors (Lipinski definition) is 1. The van der Waals surface area contributed by atoms with Crippen LogP contribution in [-0.4, -0.2) is 36.7 Å². The molecule has 23 heavy (non-hydrogen) atoms. The zero-order valence-corrected chi connectivity index (χ0v) is 13.5. The van der Waals surface area contributed by atoms with Gasteiger partial charge >= 0.3 is 0 Å². The Kier molecular flexibility index (Phi) is 4.18. The number of hydrogen-bond acceptors (Lipinski definition) is 5. The molecule has 0 radical (unpaired) electrons. The molecule has 122 valence electrons. The Labute approximate surface area is 134 Å². The minimum Gasteiger partial charge on any atom is -0.438 e. The van der Waals surface area contributed by atoms with Crippen LogP contribution < -0.4 is 5.32 Å². The number of aryl methyl sites for hydroxylation is 1. The van der Waals surface area contributed by atoms with Gasteiger partial charge in [0.1, 0.15) is 5.82 Å². The molecule has 1 fully saturated rings. The van der Waals surface area contributed by atoms with Gasteiger partial charge < -0.3 is 9.73 Å². The van der Waals surface area contributed by atoms with Crippen molar-refractivity contribution in [2.75, 3.05) is 18.4 Å². The molecule has 0 aromatic carbocycles. The number of sulfonamides is 1. The van der Waals surface area contributed by atoms with Gasteiger partial charge in [-0.2, -0.15) is 4.31 Å². The molecule has 3 rings (SSSR count). The molecule has 2 aromatic rings. The fourth-order valence-corrected chi connectivity index (χ4v) is 3.86. The largest absolute Gasteiger partial charge is 0.438 e. The number of carbonyl (C=O) groups is 1. The molecule has 1 amide bonds. The Morgan fingerprint density at radius 3 is 2.65 bits per heavy atom. The van der Waals surface area contributed by atoms with Crippen molar-refractivity contribution >= 4 is 21.7 Å². The number of nitrogens with zero attached hydrogens (tertiary/aromatic N) is 2. The maximum Gasteiger partial charge on any atom is 0.292 e. The first-order chi connectivity index (χ1) is 11.0. The third-order valence-corrected chi connectivity index (χ3v) is 5.37. The molecule has 0 bridgehead atoms. The number of anilines is 1. The quantitative estimate of drug-likeness (QED) is 0.923. The lowest BCUT2D eigenvalue weighted by atomic mass is 10.3. The predicted molar refractivity (Wildman–Crippen MR) is 83.6 cm³/mol. The van der Waals surface area contributed by atoms with Gasteiger partial charge in [0, 0.05) is 18.8 Å². The lowest BCUT2D eigenvalue weighted by molar-refractivity contribution is 0.0991. The molecule has 0 unspecified atom stereocenters. The van der Waals surface area contributed by atoms with Crippen molar-refractivity contribution in [2.45, 2.75) is 24.9 Å². The van der Waals surface area contributed by atoms with Crippen LogP contribution >= 0.6 is 0 Å². The lowest BCUT2D eigenvalue weighted by Gasteiger charge is -2.12. The van der Waals surface area contributed by atoms with Gasteiger partial charge in [-0.3, -0.25) is 4.79 Å². The molecule has 0 atom stereocenters. The van der Waals surface area contributed by atoms with Crippen LogP contribution in [0, 0.1) is 6.92 Å². The van der Waals surface area contributed by atoms with Gasteiger partial charge in [-0.1, -0.05) is 6.07 Å². The van der Waals surface area contributed by atoms with Crippen LogP contribution in [0.3, 0.4) is 0 Å². The van der Waals surface area contributed by atoms with Crippen LogP contribution in [0.2, 0.25) is 0 Å². The van der Waals surface area contributed by atoms with Crippen molar-refractivity contribution in [1.82, 2.24) is 9.29 Å². The summed E-state index contributed by atoms with van der Waals surface area (Å²) >= 11 is 0. The van der Waals surface area contributed by atoms with Crippen molar-refractivity contribution in [3.8, 4) is 0 Å². The minimum atomic E-state index is -3.66. The Morgan fingerprint density at radius 1 is 1.22 bits per heavy atom. The highest BCUT2D eigenvalue weighted by atomic mass is 32.2. The molecule has 3 heterocycles. The van der Waals surface area contributed by atoms with Crippen LogP contribution in [0.4, 0.5) is 5.82 Å². The molecular formula is C15H17N3O4S. The first-order valence-corrected chi connectivity index (χ1v) is 8.76. The molecule has 0 saturated carbocycles. The second kappa shape index (κ2) is 6.13. The molecular weight excluding hydrogens is 318 g/mol. The zero-order chi connectivity index (χ0) is 16.4. The monoisotopic (exact) mass is 335 g/mol. The van der Waals surface area contributed by atoms with Crippen molar-refractivity contribution in [3.63, 3.8) is 0 Å². The summed E-state index contributed by atoms with van der Waals surface area (Å²) in [7, 11) is -3.66. The van der Waals surface area contributed by atoms with Crippen LogP contribution in [-0.2, 0) is 10.0 Å². The number of carbonyl (C=O) groups excluding carboxylic acids is 1. The van der Waals surface area contributed by atoms with Gasteiger partial charge in [-0.15, -0.1) is 0 Å². The average molecular weight is 335 g/mol. The highest BCUT2D eigenvalue weighted by Gasteiger charge is 2.30. The van der Waals surface area contributed by atoms with E-state index in [1.165, 1.54) is 16.4 Å². The van der Waals surface area contributed by atoms with E-state index >= 15 is 0 Å². The number of furan rings is 1. The number of pyridine rings is 1. The second-order valence-electron chi connectivity index (χ2n) is 5.35. The molecule has 2 aromatic heterocycles. The number of rotatable bonds is 4. The summed E-state index contributed by atoms with van der Waals surface area (Å²) in [5.41, 5.74) is 0.763. The van der Waals surface area contributed by atoms with E-state index < -0.39 is 15.9 Å². The Balaban J connectivity index is 1.77. The van der Waals surface area contributed by atoms with E-state index in [1.54, 1.807) is 12.1 Å². The van der Waals surface area contributed by atoms with Crippen LogP contribution in [0.5, 0.6) is 0 Å². The summed E-state index contributed by atoms with van der Waals surface area (Å²) in [6.45, 7) is 2.78. The summed E-state index contributed by atoms with van der Waals surface area (Å²) in [5, 5.41) is 2.37. The van der Waals surface area contributed by atoms with E-state index in [4.69, 9.17) is 4.42 Å². The normalized spacial score (nSPS) is 15.7. The number of nitrogens with one attached hydrogen (secondary N) is 1. The first kappa shape index (κ1) is 15.7. The molecule has 7 nitrogen and oxygen atoms in total. The van der Waals surface area contributed by atoms with Crippen molar-refractivity contribution in [1.29, 1.82) is 0 Å². The number of amides is 1. The maximum atomic E-state index is 12.4. The Morgan fingerprint density at radius 2 is 1.96 bits per heavy atom. The first-order valence-electron chi connectivity index (χ1n) is 7.32. The third-order valence-electron chi connectivity index (χ3n) is 3.59. The fourth-order valence-electron chi connectivity index (χ4n) is 2.43. The van der Waals surface area contributed by atoms with E-state index in [-0.39, 0.29) is 10.9 Å². The summed E-state index contributed by atoms with van der Waals surface area (Å²) in [4.78, 5) is 16.3. The Hall–Kier alpha value is -2.19. The van der Waals surface area contributed by atoms with Crippen LogP contribution in [0.25, 0.3) is 0 Å². The smallest absolute Gasteiger partial charge is 0.292 e. The van der Waals surface area contributed by atoms with E-state index in [0.29, 0.717) is 18.9 Å². The summed E-state index contributed by atoms with van der Waals surface area (Å²) < 4.78 is 31.3. The van der Waals surface area contributed by atoms with E-state index in [2.05, 4.69) is 10.3 Å². The zero-order valence-electron chi connectivity index (χ0n) is 12.7. The van der Waals surface area contributed by atoms with Gasteiger partial charge in [0.15, 0.2) is 5.76 Å². The molecule has 0 spiro atoms. The SMILES string of the molecule is Cc1cccc(NC(=O)c2ccc(S(=O)(=O)N3CCCC3)o2)n1. The molecule has 8 heteroatoms. The molecule has 0 aliphatic carbocycles. The van der Waals surface area contributed by atoms with Crippen molar-refractivity contribution in [2.24, 2.45) is 0 Å². The predicted octanol–water partition coefficient (Wildman–Crippen LogP) is 2.02. The van der Waals surface area contributed by atoms with Gasteiger partial charge in [-0.05, 0) is 44.0 Å². The molecule has 1 aliphatic heterocycles. The standard InChI is InChI=1S/C15H17N3O4S/c1-11-5-4-6-13(16-11)17-15(19)12-7-8-14(22-12)23(20,21)18-9-2-3-10-18/h4-8H,2-3,9-10H2,1H3,(H,16,17,19). The van der Waals surface area contributed by atoms with E-state index in [1.807, 2.05) is 13.0 Å².